The predicted octanol–water partition coefficient (Wildman–Crippen LogP) is 5.19. The lowest BCUT2D eigenvalue weighted by Crippen LogP contribution is -2.36. The number of hydrogen-bond donors (Lipinski definition) is 1. The fourth-order valence-corrected chi connectivity index (χ4v) is 4.80. The summed E-state index contributed by atoms with van der Waals surface area (Å²) in [5.74, 6) is -0.140. The Bertz CT molecular complexity index is 1590. The normalized spacial score (nSPS) is 12.2. The van der Waals surface area contributed by atoms with E-state index in [9.17, 15) is 9.59 Å². The minimum atomic E-state index is -0.207. The van der Waals surface area contributed by atoms with Gasteiger partial charge in [-0.1, -0.05) is 78.3 Å². The summed E-state index contributed by atoms with van der Waals surface area (Å²) >= 11 is 6.33. The van der Waals surface area contributed by atoms with Crippen molar-refractivity contribution in [2.75, 3.05) is 0 Å². The summed E-state index contributed by atoms with van der Waals surface area (Å²) < 4.78 is 3.32. The summed E-state index contributed by atoms with van der Waals surface area (Å²) in [6.45, 7) is 2.34. The molecule has 0 bridgehead atoms. The minimum absolute atomic E-state index is 0.000743. The number of para-hydroxylation sites is 1. The van der Waals surface area contributed by atoms with E-state index in [0.717, 1.165) is 29.3 Å². The van der Waals surface area contributed by atoms with Crippen molar-refractivity contribution < 1.29 is 4.79 Å². The number of nitrogens with zero attached hydrogens (tertiary/aromatic N) is 3. The number of hydrogen-bond acceptors (Lipinski definition) is 3. The summed E-state index contributed by atoms with van der Waals surface area (Å²) in [7, 11) is 0. The number of nitrogens with one attached hydrogen (secondary N) is 1. The molecule has 0 aliphatic carbocycles. The molecular weight excluding hydrogens is 472 g/mol. The number of carbonyl (C=O) groups excluding carboxylic acids is 1. The monoisotopic (exact) mass is 498 g/mol. The topological polar surface area (TPSA) is 68.9 Å². The highest BCUT2D eigenvalue weighted by Crippen LogP contribution is 2.25. The van der Waals surface area contributed by atoms with Crippen LogP contribution in [0.5, 0.6) is 0 Å². The highest BCUT2D eigenvalue weighted by Gasteiger charge is 2.19. The van der Waals surface area contributed by atoms with Crippen molar-refractivity contribution in [3.8, 4) is 0 Å². The molecule has 0 spiro atoms. The molecule has 2 heterocycles. The van der Waals surface area contributed by atoms with Crippen LogP contribution in [0.25, 0.3) is 21.9 Å². The lowest BCUT2D eigenvalue weighted by atomic mass is 10.1. The molecule has 0 fully saturated rings. The average molecular weight is 499 g/mol. The van der Waals surface area contributed by atoms with Crippen molar-refractivity contribution in [2.24, 2.45) is 0 Å². The largest absolute Gasteiger partial charge is 0.352 e. The van der Waals surface area contributed by atoms with Crippen LogP contribution in [0.15, 0.2) is 90.0 Å². The molecule has 0 saturated heterocycles. The maximum Gasteiger partial charge on any atom is 0.278 e. The molecule has 5 rings (SSSR count). The molecule has 1 atom stereocenters. The lowest BCUT2D eigenvalue weighted by Gasteiger charge is -2.15. The van der Waals surface area contributed by atoms with Gasteiger partial charge in [0.25, 0.3) is 5.56 Å². The number of aromatic nitrogens is 3. The molecule has 0 aliphatic rings. The fraction of sp³-hybridized carbons (Fsp3) is 0.207. The van der Waals surface area contributed by atoms with Crippen molar-refractivity contribution in [3.63, 3.8) is 0 Å². The van der Waals surface area contributed by atoms with E-state index >= 15 is 0 Å². The molecule has 7 heteroatoms. The van der Waals surface area contributed by atoms with Gasteiger partial charge in [-0.25, -0.2) is 4.98 Å². The molecule has 0 radical (unpaired) electrons. The van der Waals surface area contributed by atoms with E-state index in [0.29, 0.717) is 22.6 Å². The number of amides is 1. The number of fused-ring (bicyclic) bond motifs is 3. The third-order valence-electron chi connectivity index (χ3n) is 6.45. The molecule has 1 N–H and O–H groups in total. The first-order valence-electron chi connectivity index (χ1n) is 12.0. The Labute approximate surface area is 214 Å². The Balaban J connectivity index is 1.43. The smallest absolute Gasteiger partial charge is 0.278 e. The Morgan fingerprint density at radius 2 is 1.72 bits per heavy atom. The summed E-state index contributed by atoms with van der Waals surface area (Å²) in [6.07, 6.45) is 3.26. The molecule has 182 valence electrons. The van der Waals surface area contributed by atoms with Crippen LogP contribution in [0.4, 0.5) is 0 Å². The van der Waals surface area contributed by atoms with Gasteiger partial charge in [-0.3, -0.25) is 14.2 Å². The number of rotatable bonds is 8. The zero-order chi connectivity index (χ0) is 25.1. The van der Waals surface area contributed by atoms with E-state index in [-0.39, 0.29) is 24.1 Å². The number of benzene rings is 3. The van der Waals surface area contributed by atoms with Crippen molar-refractivity contribution in [2.45, 2.75) is 38.9 Å². The SMILES string of the molecule is C[C@@H](CCc1ccccc1)NC(=O)Cn1c2ccccc2c2ncn(Cc3ccccc3Cl)c(=O)c21. The average Bonchev–Trinajstić information content (AvgIpc) is 3.20. The first kappa shape index (κ1) is 23.8. The van der Waals surface area contributed by atoms with E-state index in [1.165, 1.54) is 5.56 Å². The van der Waals surface area contributed by atoms with Crippen molar-refractivity contribution >= 4 is 39.4 Å². The maximum absolute atomic E-state index is 13.6. The predicted molar refractivity (Wildman–Crippen MR) is 144 cm³/mol. The molecule has 0 unspecified atom stereocenters. The maximum atomic E-state index is 13.6. The van der Waals surface area contributed by atoms with Crippen molar-refractivity contribution in [1.82, 2.24) is 19.4 Å². The highest BCUT2D eigenvalue weighted by atomic mass is 35.5. The van der Waals surface area contributed by atoms with Gasteiger partial charge in [-0.15, -0.1) is 0 Å². The molecule has 0 saturated carbocycles. The van der Waals surface area contributed by atoms with E-state index in [2.05, 4.69) is 22.4 Å². The second kappa shape index (κ2) is 10.4. The zero-order valence-electron chi connectivity index (χ0n) is 20.0. The summed E-state index contributed by atoms with van der Waals surface area (Å²) in [6, 6.07) is 25.3. The summed E-state index contributed by atoms with van der Waals surface area (Å²) in [5.41, 5.74) is 3.68. The molecule has 6 nitrogen and oxygen atoms in total. The molecule has 3 aromatic carbocycles. The molecule has 36 heavy (non-hydrogen) atoms. The van der Waals surface area contributed by atoms with Crippen LogP contribution in [0, 0.1) is 0 Å². The number of halogens is 1. The zero-order valence-corrected chi connectivity index (χ0v) is 20.8. The standard InChI is InChI=1S/C29H27ClN4O2/c1-20(15-16-21-9-3-2-4-10-21)32-26(35)18-34-25-14-8-6-12-23(25)27-28(34)29(36)33(19-31-27)17-22-11-5-7-13-24(22)30/h2-14,19-20H,15-18H2,1H3,(H,32,35)/t20-/m0/s1. The molecular formula is C29H27ClN4O2. The Hall–Kier alpha value is -3.90. The van der Waals surface area contributed by atoms with Gasteiger partial charge in [0.2, 0.25) is 5.91 Å². The molecule has 1 amide bonds. The highest BCUT2D eigenvalue weighted by molar-refractivity contribution is 6.31. The van der Waals surface area contributed by atoms with Crippen LogP contribution in [0.3, 0.4) is 0 Å². The summed E-state index contributed by atoms with van der Waals surface area (Å²) in [5, 5.41) is 4.53. The second-order valence-corrected chi connectivity index (χ2v) is 9.47. The van der Waals surface area contributed by atoms with Crippen LogP contribution in [0.2, 0.25) is 5.02 Å². The van der Waals surface area contributed by atoms with Crippen LogP contribution >= 0.6 is 11.6 Å². The molecule has 5 aromatic rings. The quantitative estimate of drug-likeness (QED) is 0.320. The van der Waals surface area contributed by atoms with Gasteiger partial charge >= 0.3 is 0 Å². The van der Waals surface area contributed by atoms with Crippen molar-refractivity contribution in [3.05, 3.63) is 112 Å². The van der Waals surface area contributed by atoms with Crippen LogP contribution < -0.4 is 10.9 Å². The first-order valence-corrected chi connectivity index (χ1v) is 12.4. The Morgan fingerprint density at radius 1 is 1.00 bits per heavy atom. The van der Waals surface area contributed by atoms with Crippen LogP contribution in [-0.2, 0) is 24.3 Å². The summed E-state index contributed by atoms with van der Waals surface area (Å²) in [4.78, 5) is 31.3. The lowest BCUT2D eigenvalue weighted by molar-refractivity contribution is -0.122. The molecule has 2 aromatic heterocycles. The van der Waals surface area contributed by atoms with Gasteiger partial charge < -0.3 is 9.88 Å². The van der Waals surface area contributed by atoms with Gasteiger partial charge in [0, 0.05) is 16.5 Å². The van der Waals surface area contributed by atoms with E-state index in [1.54, 1.807) is 21.5 Å². The number of aryl methyl sites for hydroxylation is 1. The molecule has 0 aliphatic heterocycles. The van der Waals surface area contributed by atoms with E-state index < -0.39 is 0 Å². The second-order valence-electron chi connectivity index (χ2n) is 9.06. The first-order chi connectivity index (χ1) is 17.5. The van der Waals surface area contributed by atoms with Gasteiger partial charge in [0.1, 0.15) is 17.6 Å². The van der Waals surface area contributed by atoms with E-state index in [4.69, 9.17) is 11.6 Å². The third-order valence-corrected chi connectivity index (χ3v) is 6.82. The van der Waals surface area contributed by atoms with Gasteiger partial charge in [-0.05, 0) is 43.0 Å². The van der Waals surface area contributed by atoms with Crippen molar-refractivity contribution in [1.29, 1.82) is 0 Å². The van der Waals surface area contributed by atoms with Crippen LogP contribution in [-0.4, -0.2) is 26.1 Å². The Kier molecular flexibility index (Phi) is 6.87. The minimum Gasteiger partial charge on any atom is -0.352 e. The van der Waals surface area contributed by atoms with Gasteiger partial charge in [0.05, 0.1) is 18.4 Å². The van der Waals surface area contributed by atoms with Crippen LogP contribution in [0.1, 0.15) is 24.5 Å². The van der Waals surface area contributed by atoms with Gasteiger partial charge in [-0.2, -0.15) is 0 Å². The number of carbonyl (C=O) groups is 1. The van der Waals surface area contributed by atoms with Gasteiger partial charge in [0.15, 0.2) is 0 Å². The Morgan fingerprint density at radius 3 is 2.53 bits per heavy atom. The van der Waals surface area contributed by atoms with E-state index in [1.807, 2.05) is 67.6 Å². The fourth-order valence-electron chi connectivity index (χ4n) is 4.60. The third kappa shape index (κ3) is 4.90.